The van der Waals surface area contributed by atoms with Crippen molar-refractivity contribution in [2.45, 2.75) is 38.4 Å². The predicted octanol–water partition coefficient (Wildman–Crippen LogP) is -1.62. The van der Waals surface area contributed by atoms with Crippen LogP contribution in [0.4, 0.5) is 0 Å². The third-order valence-corrected chi connectivity index (χ3v) is 4.43. The molecule has 136 valence electrons. The van der Waals surface area contributed by atoms with Gasteiger partial charge >= 0.3 is 11.9 Å². The number of hydrogen-bond donors (Lipinski definition) is 2. The van der Waals surface area contributed by atoms with Gasteiger partial charge < -0.3 is 25.1 Å². The Kier molecular flexibility index (Phi) is 4.43. The van der Waals surface area contributed by atoms with E-state index in [-0.39, 0.29) is 12.4 Å². The maximum absolute atomic E-state index is 12.2. The van der Waals surface area contributed by atoms with Crippen molar-refractivity contribution in [1.29, 1.82) is 0 Å². The van der Waals surface area contributed by atoms with Crippen molar-refractivity contribution in [3.05, 3.63) is 12.2 Å². The number of hydrogen-bond acceptors (Lipinski definition) is 9. The SMILES string of the molecule is CC1C(=O)OCC2OC(n3cnc(C(N)=O)n3)C(O)C2OC(=O)C1C. The van der Waals surface area contributed by atoms with Crippen LogP contribution in [0.5, 0.6) is 0 Å². The first-order valence-electron chi connectivity index (χ1n) is 7.71. The number of esters is 2. The highest BCUT2D eigenvalue weighted by atomic mass is 16.6. The van der Waals surface area contributed by atoms with Crippen molar-refractivity contribution < 1.29 is 33.7 Å². The quantitative estimate of drug-likeness (QED) is 0.595. The van der Waals surface area contributed by atoms with Crippen LogP contribution in [0, 0.1) is 11.8 Å². The summed E-state index contributed by atoms with van der Waals surface area (Å²) in [7, 11) is 0. The minimum Gasteiger partial charge on any atom is -0.463 e. The van der Waals surface area contributed by atoms with Gasteiger partial charge in [-0.1, -0.05) is 13.8 Å². The van der Waals surface area contributed by atoms with Gasteiger partial charge in [-0.05, 0) is 0 Å². The molecule has 11 heteroatoms. The Morgan fingerprint density at radius 1 is 1.32 bits per heavy atom. The van der Waals surface area contributed by atoms with Crippen molar-refractivity contribution in [3.8, 4) is 0 Å². The molecule has 1 aromatic rings. The average Bonchev–Trinajstić information content (AvgIpc) is 3.17. The van der Waals surface area contributed by atoms with E-state index < -0.39 is 54.2 Å². The smallest absolute Gasteiger partial charge is 0.309 e. The van der Waals surface area contributed by atoms with E-state index in [2.05, 4.69) is 10.1 Å². The van der Waals surface area contributed by atoms with E-state index in [9.17, 15) is 19.5 Å². The molecule has 11 nitrogen and oxygen atoms in total. The van der Waals surface area contributed by atoms with Crippen molar-refractivity contribution in [2.75, 3.05) is 6.61 Å². The fourth-order valence-electron chi connectivity index (χ4n) is 2.67. The molecule has 6 unspecified atom stereocenters. The van der Waals surface area contributed by atoms with E-state index >= 15 is 0 Å². The average molecular weight is 354 g/mol. The molecule has 0 bridgehead atoms. The zero-order valence-electron chi connectivity index (χ0n) is 13.6. The van der Waals surface area contributed by atoms with Crippen LogP contribution >= 0.6 is 0 Å². The van der Waals surface area contributed by atoms with E-state index in [0.717, 1.165) is 11.0 Å². The second-order valence-corrected chi connectivity index (χ2v) is 6.08. The number of amides is 1. The van der Waals surface area contributed by atoms with Gasteiger partial charge in [0.05, 0.1) is 11.8 Å². The molecule has 0 spiro atoms. The Balaban J connectivity index is 1.84. The topological polar surface area (TPSA) is 156 Å². The first-order chi connectivity index (χ1) is 11.8. The molecule has 1 amide bonds. The molecule has 3 N–H and O–H groups in total. The van der Waals surface area contributed by atoms with Gasteiger partial charge in [-0.15, -0.1) is 5.10 Å². The second kappa shape index (κ2) is 6.41. The number of ether oxygens (including phenoxy) is 3. The van der Waals surface area contributed by atoms with E-state index in [1.54, 1.807) is 13.8 Å². The number of carbonyl (C=O) groups excluding carboxylic acids is 3. The summed E-state index contributed by atoms with van der Waals surface area (Å²) in [6, 6.07) is 0. The summed E-state index contributed by atoms with van der Waals surface area (Å²) >= 11 is 0. The van der Waals surface area contributed by atoms with Gasteiger partial charge in [0.2, 0.25) is 5.82 Å². The number of cyclic esters (lactones) is 1. The molecule has 25 heavy (non-hydrogen) atoms. The van der Waals surface area contributed by atoms with Crippen molar-refractivity contribution >= 4 is 17.8 Å². The number of aromatic nitrogens is 3. The Morgan fingerprint density at radius 2 is 2.00 bits per heavy atom. The Morgan fingerprint density at radius 3 is 2.64 bits per heavy atom. The Labute approximate surface area is 142 Å². The normalized spacial score (nSPS) is 35.8. The van der Waals surface area contributed by atoms with Crippen LogP contribution in [-0.2, 0) is 23.8 Å². The number of primary amides is 1. The molecule has 0 saturated carbocycles. The summed E-state index contributed by atoms with van der Waals surface area (Å²) in [6.45, 7) is 2.92. The lowest BCUT2D eigenvalue weighted by atomic mass is 9.96. The van der Waals surface area contributed by atoms with Crippen LogP contribution in [0.15, 0.2) is 6.33 Å². The molecule has 0 aromatic carbocycles. The van der Waals surface area contributed by atoms with Crippen LogP contribution in [-0.4, -0.2) is 62.6 Å². The summed E-state index contributed by atoms with van der Waals surface area (Å²) in [5.74, 6) is -3.68. The molecule has 6 atom stereocenters. The summed E-state index contributed by atoms with van der Waals surface area (Å²) in [6.07, 6.45) is -3.14. The lowest BCUT2D eigenvalue weighted by molar-refractivity contribution is -0.162. The van der Waals surface area contributed by atoms with Gasteiger partial charge in [-0.3, -0.25) is 14.4 Å². The third kappa shape index (κ3) is 3.07. The van der Waals surface area contributed by atoms with Gasteiger partial charge in [0.15, 0.2) is 12.3 Å². The molecule has 2 aliphatic rings. The van der Waals surface area contributed by atoms with Gasteiger partial charge in [-0.25, -0.2) is 9.67 Å². The first-order valence-corrected chi connectivity index (χ1v) is 7.71. The molecule has 2 saturated heterocycles. The number of nitrogens with two attached hydrogens (primary N) is 1. The monoisotopic (exact) mass is 354 g/mol. The Bertz CT molecular complexity index is 705. The van der Waals surface area contributed by atoms with Crippen LogP contribution in [0.2, 0.25) is 0 Å². The molecular weight excluding hydrogens is 336 g/mol. The summed E-state index contributed by atoms with van der Waals surface area (Å²) < 4.78 is 17.2. The maximum Gasteiger partial charge on any atom is 0.309 e. The number of nitrogens with zero attached hydrogens (tertiary/aromatic N) is 3. The fourth-order valence-corrected chi connectivity index (χ4v) is 2.67. The molecule has 2 fully saturated rings. The van der Waals surface area contributed by atoms with E-state index in [4.69, 9.17) is 19.9 Å². The second-order valence-electron chi connectivity index (χ2n) is 6.08. The minimum absolute atomic E-state index is 0.196. The van der Waals surface area contributed by atoms with Crippen LogP contribution < -0.4 is 5.73 Å². The zero-order valence-corrected chi connectivity index (χ0v) is 13.6. The van der Waals surface area contributed by atoms with Crippen LogP contribution in [0.25, 0.3) is 0 Å². The molecular formula is C14H18N4O7. The largest absolute Gasteiger partial charge is 0.463 e. The molecule has 1 aromatic heterocycles. The van der Waals surface area contributed by atoms with E-state index in [1.165, 1.54) is 0 Å². The molecule has 0 aliphatic carbocycles. The zero-order chi connectivity index (χ0) is 18.3. The van der Waals surface area contributed by atoms with Gasteiger partial charge in [0.1, 0.15) is 25.1 Å². The molecule has 0 radical (unpaired) electrons. The van der Waals surface area contributed by atoms with Crippen molar-refractivity contribution in [1.82, 2.24) is 14.8 Å². The minimum atomic E-state index is -1.30. The number of fused-ring (bicyclic) bond motifs is 1. The standard InChI is InChI=1S/C14H18N4O7/c1-5-6(2)14(22)25-9-7(3-23-13(5)21)24-12(8(9)19)18-4-16-11(17-18)10(15)20/h4-9,12,19H,3H2,1-2H3,(H2,15,20). The lowest BCUT2D eigenvalue weighted by Gasteiger charge is -2.21. The van der Waals surface area contributed by atoms with E-state index in [1.807, 2.05) is 0 Å². The predicted molar refractivity (Wildman–Crippen MR) is 77.6 cm³/mol. The van der Waals surface area contributed by atoms with E-state index in [0.29, 0.717) is 0 Å². The van der Waals surface area contributed by atoms with Gasteiger partial charge in [0.25, 0.3) is 5.91 Å². The summed E-state index contributed by atoms with van der Waals surface area (Å²) in [5.41, 5.74) is 5.09. The van der Waals surface area contributed by atoms with Crippen molar-refractivity contribution in [3.63, 3.8) is 0 Å². The molecule has 3 rings (SSSR count). The molecule has 3 heterocycles. The third-order valence-electron chi connectivity index (χ3n) is 4.43. The maximum atomic E-state index is 12.2. The number of aliphatic hydroxyl groups is 1. The van der Waals surface area contributed by atoms with Gasteiger partial charge in [-0.2, -0.15) is 0 Å². The summed E-state index contributed by atoms with van der Waals surface area (Å²) in [5, 5.41) is 14.3. The highest BCUT2D eigenvalue weighted by Gasteiger charge is 2.50. The highest BCUT2D eigenvalue weighted by Crippen LogP contribution is 2.33. The lowest BCUT2D eigenvalue weighted by Crippen LogP contribution is -2.39. The molecule has 2 aliphatic heterocycles. The number of carbonyl (C=O) groups is 3. The Hall–Kier alpha value is -2.53. The highest BCUT2D eigenvalue weighted by molar-refractivity contribution is 5.88. The van der Waals surface area contributed by atoms with Gasteiger partial charge in [0, 0.05) is 0 Å². The summed E-state index contributed by atoms with van der Waals surface area (Å²) in [4.78, 5) is 39.0. The number of aliphatic hydroxyl groups excluding tert-OH is 1. The number of rotatable bonds is 2. The van der Waals surface area contributed by atoms with Crippen LogP contribution in [0.1, 0.15) is 30.7 Å². The first kappa shape index (κ1) is 17.3. The fraction of sp³-hybridized carbons (Fsp3) is 0.643. The van der Waals surface area contributed by atoms with Crippen molar-refractivity contribution in [2.24, 2.45) is 17.6 Å². The van der Waals surface area contributed by atoms with Crippen LogP contribution in [0.3, 0.4) is 0 Å².